The molecular formula is C10H7ClF4O5S. The van der Waals surface area contributed by atoms with Gasteiger partial charge < -0.3 is 5.11 Å². The molecule has 1 aromatic carbocycles. The van der Waals surface area contributed by atoms with E-state index in [1.54, 1.807) is 0 Å². The van der Waals surface area contributed by atoms with Crippen molar-refractivity contribution in [1.82, 2.24) is 0 Å². The summed E-state index contributed by atoms with van der Waals surface area (Å²) in [4.78, 5) is 9.98. The maximum atomic E-state index is 13.4. The van der Waals surface area contributed by atoms with Crippen LogP contribution in [0.5, 0.6) is 0 Å². The first-order chi connectivity index (χ1) is 9.44. The van der Waals surface area contributed by atoms with Crippen LogP contribution in [0.3, 0.4) is 0 Å². The van der Waals surface area contributed by atoms with Crippen LogP contribution in [-0.2, 0) is 14.6 Å². The molecule has 0 aliphatic heterocycles. The highest BCUT2D eigenvalue weighted by Gasteiger charge is 2.30. The fraction of sp³-hybridized carbons (Fsp3) is 0.300. The summed E-state index contributed by atoms with van der Waals surface area (Å²) in [5, 5.41) is 7.95. The highest BCUT2D eigenvalue weighted by molar-refractivity contribution is 7.91. The summed E-state index contributed by atoms with van der Waals surface area (Å²) in [5.41, 5.74) is -0.813. The Bertz CT molecular complexity index is 656. The molecule has 0 spiro atoms. The van der Waals surface area contributed by atoms with Gasteiger partial charge in [-0.15, -0.1) is 13.2 Å². The maximum absolute atomic E-state index is 13.4. The molecule has 0 bridgehead atoms. The minimum Gasteiger partial charge on any atom is -0.478 e. The lowest BCUT2D eigenvalue weighted by Crippen LogP contribution is -2.20. The molecule has 0 saturated heterocycles. The minimum absolute atomic E-state index is 0.428. The molecule has 1 N–H and O–H groups in total. The predicted octanol–water partition coefficient (Wildman–Crippen LogP) is 2.49. The van der Waals surface area contributed by atoms with Gasteiger partial charge in [-0.25, -0.2) is 17.6 Å². The van der Waals surface area contributed by atoms with E-state index in [-0.39, 0.29) is 0 Å². The van der Waals surface area contributed by atoms with Crippen LogP contribution in [-0.4, -0.2) is 38.2 Å². The Labute approximate surface area is 121 Å². The van der Waals surface area contributed by atoms with Gasteiger partial charge in [0.1, 0.15) is 5.82 Å². The van der Waals surface area contributed by atoms with Crippen LogP contribution in [0.4, 0.5) is 17.6 Å². The van der Waals surface area contributed by atoms with E-state index in [1.807, 2.05) is 0 Å². The van der Waals surface area contributed by atoms with Gasteiger partial charge in [0.15, 0.2) is 9.84 Å². The molecule has 5 nitrogen and oxygen atoms in total. The van der Waals surface area contributed by atoms with E-state index in [0.29, 0.717) is 12.1 Å². The zero-order chi connectivity index (χ0) is 16.4. The molecule has 0 heterocycles. The van der Waals surface area contributed by atoms with Crippen molar-refractivity contribution >= 4 is 27.4 Å². The molecule has 0 fully saturated rings. The molecule has 118 valence electrons. The Hall–Kier alpha value is -1.39. The Morgan fingerprint density at radius 3 is 2.38 bits per heavy atom. The fourth-order valence-electron chi connectivity index (χ4n) is 1.28. The molecule has 21 heavy (non-hydrogen) atoms. The molecule has 11 heteroatoms. The molecule has 0 unspecified atom stereocenters. The highest BCUT2D eigenvalue weighted by atomic mass is 35.5. The monoisotopic (exact) mass is 350 g/mol. The molecule has 0 saturated carbocycles. The van der Waals surface area contributed by atoms with Crippen LogP contribution in [0.25, 0.3) is 0 Å². The number of ether oxygens (including phenoxy) is 1. The van der Waals surface area contributed by atoms with Crippen molar-refractivity contribution in [1.29, 1.82) is 0 Å². The Balaban J connectivity index is 3.07. The molecule has 0 aromatic heterocycles. The van der Waals surface area contributed by atoms with E-state index in [4.69, 9.17) is 16.7 Å². The summed E-state index contributed by atoms with van der Waals surface area (Å²) >= 11 is 5.35. The van der Waals surface area contributed by atoms with E-state index < -0.39 is 55.8 Å². The zero-order valence-electron chi connectivity index (χ0n) is 9.95. The summed E-state index contributed by atoms with van der Waals surface area (Å²) in [7, 11) is -4.36. The summed E-state index contributed by atoms with van der Waals surface area (Å²) in [5.74, 6) is -4.10. The molecule has 0 aliphatic rings. The Morgan fingerprint density at radius 1 is 1.33 bits per heavy atom. The minimum atomic E-state index is -5.01. The molecular weight excluding hydrogens is 344 g/mol. The van der Waals surface area contributed by atoms with Crippen molar-refractivity contribution in [2.75, 3.05) is 12.4 Å². The summed E-state index contributed by atoms with van der Waals surface area (Å²) in [6, 6.07) is 0.994. The zero-order valence-corrected chi connectivity index (χ0v) is 11.5. The average Bonchev–Trinajstić information content (AvgIpc) is 2.29. The van der Waals surface area contributed by atoms with E-state index in [2.05, 4.69) is 4.74 Å². The van der Waals surface area contributed by atoms with Crippen LogP contribution >= 0.6 is 11.6 Å². The van der Waals surface area contributed by atoms with Crippen molar-refractivity contribution in [2.24, 2.45) is 0 Å². The van der Waals surface area contributed by atoms with Gasteiger partial charge in [-0.2, -0.15) is 0 Å². The Morgan fingerprint density at radius 2 is 1.90 bits per heavy atom. The normalized spacial score (nSPS) is 12.4. The number of hydrogen-bond acceptors (Lipinski definition) is 4. The number of hydrogen-bond donors (Lipinski definition) is 1. The lowest BCUT2D eigenvalue weighted by Gasteiger charge is -2.09. The van der Waals surface area contributed by atoms with Crippen LogP contribution in [0, 0.1) is 5.82 Å². The lowest BCUT2D eigenvalue weighted by molar-refractivity contribution is -0.322. The first kappa shape index (κ1) is 17.7. The van der Waals surface area contributed by atoms with Gasteiger partial charge >= 0.3 is 12.3 Å². The predicted molar refractivity (Wildman–Crippen MR) is 62.4 cm³/mol. The molecule has 0 radical (unpaired) electrons. The van der Waals surface area contributed by atoms with Gasteiger partial charge in [0, 0.05) is 0 Å². The highest BCUT2D eigenvalue weighted by Crippen LogP contribution is 2.25. The molecule has 1 rings (SSSR count). The van der Waals surface area contributed by atoms with E-state index in [9.17, 15) is 30.8 Å². The third kappa shape index (κ3) is 4.83. The second kappa shape index (κ2) is 6.16. The van der Waals surface area contributed by atoms with Gasteiger partial charge in [0.25, 0.3) is 0 Å². The lowest BCUT2D eigenvalue weighted by atomic mass is 10.2. The topological polar surface area (TPSA) is 80.7 Å². The third-order valence-electron chi connectivity index (χ3n) is 2.21. The fourth-order valence-corrected chi connectivity index (χ4v) is 2.59. The van der Waals surface area contributed by atoms with Crippen molar-refractivity contribution in [3.63, 3.8) is 0 Å². The number of rotatable bonds is 5. The maximum Gasteiger partial charge on any atom is 0.522 e. The number of sulfone groups is 1. The molecule has 1 aromatic rings. The number of carboxylic acids is 1. The van der Waals surface area contributed by atoms with Gasteiger partial charge in [-0.05, 0) is 12.1 Å². The second-order valence-electron chi connectivity index (χ2n) is 3.68. The van der Waals surface area contributed by atoms with Crippen LogP contribution in [0.1, 0.15) is 10.4 Å². The van der Waals surface area contributed by atoms with Crippen molar-refractivity contribution in [2.45, 2.75) is 11.3 Å². The van der Waals surface area contributed by atoms with Crippen LogP contribution < -0.4 is 0 Å². The molecule has 0 atom stereocenters. The molecule has 0 amide bonds. The van der Waals surface area contributed by atoms with Crippen molar-refractivity contribution in [3.05, 3.63) is 28.5 Å². The summed E-state index contributed by atoms with van der Waals surface area (Å²) < 4.78 is 75.3. The first-order valence-corrected chi connectivity index (χ1v) is 7.13. The standard InChI is InChI=1S/C10H7ClF4O5S/c11-8-6(9(16)17)3-5(4-7(8)12)21(18,19)2-1-20-10(13,14)15/h3-4H,1-2H2,(H,16,17). The third-order valence-corrected chi connectivity index (χ3v) is 4.25. The number of alkyl halides is 3. The van der Waals surface area contributed by atoms with E-state index >= 15 is 0 Å². The largest absolute Gasteiger partial charge is 0.522 e. The summed E-state index contributed by atoms with van der Waals surface area (Å²) in [6.07, 6.45) is -5.01. The van der Waals surface area contributed by atoms with Gasteiger partial charge in [0.05, 0.1) is 27.8 Å². The number of halogens is 5. The SMILES string of the molecule is O=C(O)c1cc(S(=O)(=O)CCOC(F)(F)F)cc(F)c1Cl. The Kier molecular flexibility index (Phi) is 5.18. The average molecular weight is 351 g/mol. The van der Waals surface area contributed by atoms with Gasteiger partial charge in [-0.1, -0.05) is 11.6 Å². The van der Waals surface area contributed by atoms with Crippen molar-refractivity contribution in [3.8, 4) is 0 Å². The van der Waals surface area contributed by atoms with E-state index in [1.165, 1.54) is 0 Å². The summed E-state index contributed by atoms with van der Waals surface area (Å²) in [6.45, 7) is -1.21. The first-order valence-electron chi connectivity index (χ1n) is 5.10. The van der Waals surface area contributed by atoms with E-state index in [0.717, 1.165) is 0 Å². The quantitative estimate of drug-likeness (QED) is 0.825. The van der Waals surface area contributed by atoms with Crippen molar-refractivity contribution < 1.29 is 40.6 Å². The smallest absolute Gasteiger partial charge is 0.478 e. The number of carbonyl (C=O) groups is 1. The van der Waals surface area contributed by atoms with Crippen LogP contribution in [0.15, 0.2) is 17.0 Å². The van der Waals surface area contributed by atoms with Gasteiger partial charge in [0.2, 0.25) is 0 Å². The van der Waals surface area contributed by atoms with Gasteiger partial charge in [-0.3, -0.25) is 4.74 Å². The molecule has 0 aliphatic carbocycles. The second-order valence-corrected chi connectivity index (χ2v) is 6.17. The number of carboxylic acid groups (broad SMARTS) is 1. The number of aromatic carboxylic acids is 1. The van der Waals surface area contributed by atoms with Crippen LogP contribution in [0.2, 0.25) is 5.02 Å². The number of benzene rings is 1.